The van der Waals surface area contributed by atoms with E-state index in [0.29, 0.717) is 12.3 Å². The second kappa shape index (κ2) is 6.83. The Kier molecular flexibility index (Phi) is 5.69. The molecule has 3 heteroatoms. The normalized spacial score (nSPS) is 18.1. The van der Waals surface area contributed by atoms with Gasteiger partial charge in [-0.3, -0.25) is 4.79 Å². The number of rotatable bonds is 5. The summed E-state index contributed by atoms with van der Waals surface area (Å²) >= 11 is 0. The van der Waals surface area contributed by atoms with Crippen molar-refractivity contribution in [2.75, 3.05) is 19.8 Å². The average molecular weight is 213 g/mol. The molecule has 1 saturated heterocycles. The third kappa shape index (κ3) is 5.78. The van der Waals surface area contributed by atoms with E-state index in [0.717, 1.165) is 44.9 Å². The lowest BCUT2D eigenvalue weighted by Crippen LogP contribution is -2.28. The van der Waals surface area contributed by atoms with Crippen LogP contribution in [0.3, 0.4) is 0 Å². The maximum Gasteiger partial charge on any atom is 0.220 e. The summed E-state index contributed by atoms with van der Waals surface area (Å²) in [6.07, 6.45) is 4.06. The largest absolute Gasteiger partial charge is 0.381 e. The Labute approximate surface area is 92.6 Å². The monoisotopic (exact) mass is 213 g/mol. The van der Waals surface area contributed by atoms with E-state index < -0.39 is 0 Å². The zero-order chi connectivity index (χ0) is 11.1. The van der Waals surface area contributed by atoms with Crippen molar-refractivity contribution in [3.05, 3.63) is 0 Å². The number of carbonyl (C=O) groups is 1. The van der Waals surface area contributed by atoms with E-state index in [1.54, 1.807) is 0 Å². The summed E-state index contributed by atoms with van der Waals surface area (Å²) in [5.41, 5.74) is 0. The van der Waals surface area contributed by atoms with Crippen LogP contribution < -0.4 is 5.32 Å². The van der Waals surface area contributed by atoms with Crippen LogP contribution >= 0.6 is 0 Å². The van der Waals surface area contributed by atoms with Crippen LogP contribution in [0.25, 0.3) is 0 Å². The van der Waals surface area contributed by atoms with Crippen LogP contribution in [-0.2, 0) is 9.53 Å². The molecule has 1 rings (SSSR count). The molecule has 0 aromatic heterocycles. The van der Waals surface area contributed by atoms with E-state index in [1.165, 1.54) is 0 Å². The molecule has 1 N–H and O–H groups in total. The molecular weight excluding hydrogens is 190 g/mol. The van der Waals surface area contributed by atoms with Crippen molar-refractivity contribution in [3.8, 4) is 0 Å². The lowest BCUT2D eigenvalue weighted by atomic mass is 9.96. The third-order valence-corrected chi connectivity index (χ3v) is 2.81. The first-order chi connectivity index (χ1) is 7.18. The van der Waals surface area contributed by atoms with Crippen molar-refractivity contribution >= 4 is 5.91 Å². The smallest absolute Gasteiger partial charge is 0.220 e. The highest BCUT2D eigenvalue weighted by molar-refractivity contribution is 5.75. The molecule has 0 radical (unpaired) electrons. The molecule has 3 nitrogen and oxygen atoms in total. The van der Waals surface area contributed by atoms with Crippen LogP contribution in [0.4, 0.5) is 0 Å². The standard InChI is InChI=1S/C12H23NO2/c1-10(2)9-12(14)13-6-3-11-4-7-15-8-5-11/h10-11H,3-9H2,1-2H3,(H,13,14). The van der Waals surface area contributed by atoms with E-state index in [-0.39, 0.29) is 5.91 Å². The first-order valence-electron chi connectivity index (χ1n) is 6.03. The number of ether oxygens (including phenoxy) is 1. The van der Waals surface area contributed by atoms with Gasteiger partial charge in [-0.1, -0.05) is 13.8 Å². The van der Waals surface area contributed by atoms with Gasteiger partial charge in [-0.15, -0.1) is 0 Å². The van der Waals surface area contributed by atoms with E-state index in [9.17, 15) is 4.79 Å². The minimum Gasteiger partial charge on any atom is -0.381 e. The molecule has 1 heterocycles. The summed E-state index contributed by atoms with van der Waals surface area (Å²) in [7, 11) is 0. The summed E-state index contributed by atoms with van der Waals surface area (Å²) in [6.45, 7) is 6.75. The molecule has 0 bridgehead atoms. The molecule has 0 aromatic carbocycles. The molecule has 88 valence electrons. The van der Waals surface area contributed by atoms with Crippen molar-refractivity contribution in [2.24, 2.45) is 11.8 Å². The van der Waals surface area contributed by atoms with Crippen LogP contribution in [-0.4, -0.2) is 25.7 Å². The van der Waals surface area contributed by atoms with Gasteiger partial charge in [-0.25, -0.2) is 0 Å². The van der Waals surface area contributed by atoms with E-state index in [1.807, 2.05) is 0 Å². The predicted molar refractivity (Wildman–Crippen MR) is 60.6 cm³/mol. The van der Waals surface area contributed by atoms with E-state index in [2.05, 4.69) is 19.2 Å². The molecule has 0 spiro atoms. The Bertz CT molecular complexity index is 186. The highest BCUT2D eigenvalue weighted by Crippen LogP contribution is 2.17. The second-order valence-corrected chi connectivity index (χ2v) is 4.79. The average Bonchev–Trinajstić information content (AvgIpc) is 2.18. The van der Waals surface area contributed by atoms with Gasteiger partial charge in [-0.2, -0.15) is 0 Å². The van der Waals surface area contributed by atoms with Gasteiger partial charge in [0.25, 0.3) is 0 Å². The number of amides is 1. The number of hydrogen-bond acceptors (Lipinski definition) is 2. The third-order valence-electron chi connectivity index (χ3n) is 2.81. The number of hydrogen-bond donors (Lipinski definition) is 1. The van der Waals surface area contributed by atoms with Gasteiger partial charge in [0.15, 0.2) is 0 Å². The summed E-state index contributed by atoms with van der Waals surface area (Å²) in [5, 5.41) is 2.98. The molecule has 0 atom stereocenters. The lowest BCUT2D eigenvalue weighted by molar-refractivity contribution is -0.121. The van der Waals surface area contributed by atoms with Crippen molar-refractivity contribution in [1.82, 2.24) is 5.32 Å². The van der Waals surface area contributed by atoms with Gasteiger partial charge < -0.3 is 10.1 Å². The van der Waals surface area contributed by atoms with Crippen LogP contribution in [0.2, 0.25) is 0 Å². The summed E-state index contributed by atoms with van der Waals surface area (Å²) in [6, 6.07) is 0. The Balaban J connectivity index is 2.02. The molecule has 15 heavy (non-hydrogen) atoms. The predicted octanol–water partition coefficient (Wildman–Crippen LogP) is 1.97. The molecule has 1 aliphatic rings. The highest BCUT2D eigenvalue weighted by atomic mass is 16.5. The van der Waals surface area contributed by atoms with E-state index in [4.69, 9.17) is 4.74 Å². The fraction of sp³-hybridized carbons (Fsp3) is 0.917. The number of nitrogens with one attached hydrogen (secondary N) is 1. The second-order valence-electron chi connectivity index (χ2n) is 4.79. The number of carbonyl (C=O) groups excluding carboxylic acids is 1. The zero-order valence-corrected chi connectivity index (χ0v) is 9.92. The summed E-state index contributed by atoms with van der Waals surface area (Å²) in [5.74, 6) is 1.39. The SMILES string of the molecule is CC(C)CC(=O)NCCC1CCOCC1. The van der Waals surface area contributed by atoms with Crippen molar-refractivity contribution in [1.29, 1.82) is 0 Å². The Morgan fingerprint density at radius 1 is 1.40 bits per heavy atom. The van der Waals surface area contributed by atoms with Gasteiger partial charge in [0.1, 0.15) is 0 Å². The highest BCUT2D eigenvalue weighted by Gasteiger charge is 2.13. The first kappa shape index (κ1) is 12.5. The molecule has 1 fully saturated rings. The molecule has 0 aromatic rings. The summed E-state index contributed by atoms with van der Waals surface area (Å²) < 4.78 is 5.29. The molecular formula is C12H23NO2. The van der Waals surface area contributed by atoms with Crippen LogP contribution in [0.5, 0.6) is 0 Å². The Hall–Kier alpha value is -0.570. The van der Waals surface area contributed by atoms with Gasteiger partial charge in [0.2, 0.25) is 5.91 Å². The van der Waals surface area contributed by atoms with Gasteiger partial charge in [0.05, 0.1) is 0 Å². The van der Waals surface area contributed by atoms with Crippen molar-refractivity contribution < 1.29 is 9.53 Å². The quantitative estimate of drug-likeness (QED) is 0.758. The van der Waals surface area contributed by atoms with Crippen LogP contribution in [0, 0.1) is 11.8 Å². The Morgan fingerprint density at radius 3 is 2.67 bits per heavy atom. The maximum atomic E-state index is 11.4. The molecule has 0 unspecified atom stereocenters. The topological polar surface area (TPSA) is 38.3 Å². The minimum atomic E-state index is 0.192. The van der Waals surface area contributed by atoms with Crippen LogP contribution in [0.15, 0.2) is 0 Å². The fourth-order valence-corrected chi connectivity index (χ4v) is 1.89. The minimum absolute atomic E-state index is 0.192. The van der Waals surface area contributed by atoms with E-state index >= 15 is 0 Å². The Morgan fingerprint density at radius 2 is 2.07 bits per heavy atom. The summed E-state index contributed by atoms with van der Waals surface area (Å²) in [4.78, 5) is 11.4. The van der Waals surface area contributed by atoms with Gasteiger partial charge >= 0.3 is 0 Å². The van der Waals surface area contributed by atoms with Gasteiger partial charge in [-0.05, 0) is 31.1 Å². The first-order valence-corrected chi connectivity index (χ1v) is 6.03. The molecule has 0 saturated carbocycles. The maximum absolute atomic E-state index is 11.4. The molecule has 1 amide bonds. The lowest BCUT2D eigenvalue weighted by Gasteiger charge is -2.21. The molecule has 0 aliphatic carbocycles. The fourth-order valence-electron chi connectivity index (χ4n) is 1.89. The zero-order valence-electron chi connectivity index (χ0n) is 9.92. The molecule has 1 aliphatic heterocycles. The van der Waals surface area contributed by atoms with Crippen LogP contribution in [0.1, 0.15) is 39.5 Å². The van der Waals surface area contributed by atoms with Gasteiger partial charge in [0, 0.05) is 26.2 Å². The van der Waals surface area contributed by atoms with Crippen molar-refractivity contribution in [3.63, 3.8) is 0 Å². The van der Waals surface area contributed by atoms with Crippen molar-refractivity contribution in [2.45, 2.75) is 39.5 Å².